The van der Waals surface area contributed by atoms with E-state index in [-0.39, 0.29) is 0 Å². The van der Waals surface area contributed by atoms with E-state index in [4.69, 9.17) is 0 Å². The third-order valence-corrected chi connectivity index (χ3v) is 1.95. The largest absolute Gasteiger partial charge is 0.238 e. The van der Waals surface area contributed by atoms with Crippen LogP contribution in [0.1, 0.15) is 58.8 Å². The summed E-state index contributed by atoms with van der Waals surface area (Å²) in [6, 6.07) is 0. The molecule has 2 heterocycles. The Morgan fingerprint density at radius 1 is 0.833 bits per heavy atom. The first-order valence-corrected chi connectivity index (χ1v) is 6.83. The second kappa shape index (κ2) is 10.7. The van der Waals surface area contributed by atoms with Crippen LogP contribution in [0, 0.1) is 20.8 Å². The minimum atomic E-state index is 0.910. The molecule has 4 nitrogen and oxygen atoms in total. The molecule has 0 saturated heterocycles. The molecule has 0 fully saturated rings. The number of hydrogen-bond acceptors (Lipinski definition) is 3. The fourth-order valence-electron chi connectivity index (χ4n) is 1.44. The highest BCUT2D eigenvalue weighted by atomic mass is 15.3. The van der Waals surface area contributed by atoms with Gasteiger partial charge in [-0.3, -0.25) is 0 Å². The minimum absolute atomic E-state index is 0.910. The van der Waals surface area contributed by atoms with Crippen LogP contribution in [0.5, 0.6) is 0 Å². The Hall–Kier alpha value is -1.45. The van der Waals surface area contributed by atoms with Gasteiger partial charge in [0, 0.05) is 0 Å². The first kappa shape index (κ1) is 18.9. The van der Waals surface area contributed by atoms with E-state index in [1.807, 2.05) is 66.8 Å². The molecule has 0 atom stereocenters. The van der Waals surface area contributed by atoms with E-state index in [2.05, 4.69) is 15.1 Å². The lowest BCUT2D eigenvalue weighted by Gasteiger charge is -1.96. The van der Waals surface area contributed by atoms with Gasteiger partial charge in [-0.05, 0) is 20.8 Å². The molecular formula is C14H28N4. The number of fused-ring (bicyclic) bond motifs is 1. The number of aryl methyl sites for hydroxylation is 3. The zero-order chi connectivity index (χ0) is 14.7. The standard InChI is InChI=1S/C8H10N4.3C2H6/c1-5-8-6(2)11-7(3)12(8)10-4-9-5;3*1-2/h4H,1-3H3;3*1-2H3. The molecule has 0 spiro atoms. The van der Waals surface area contributed by atoms with Gasteiger partial charge in [-0.1, -0.05) is 41.5 Å². The molecule has 2 aromatic heterocycles. The van der Waals surface area contributed by atoms with Crippen LogP contribution in [-0.4, -0.2) is 19.6 Å². The maximum Gasteiger partial charge on any atom is 0.136 e. The fourth-order valence-corrected chi connectivity index (χ4v) is 1.44. The van der Waals surface area contributed by atoms with Gasteiger partial charge in [0.2, 0.25) is 0 Å². The maximum atomic E-state index is 4.31. The Balaban J connectivity index is 0. The summed E-state index contributed by atoms with van der Waals surface area (Å²) < 4.78 is 1.82. The van der Waals surface area contributed by atoms with Crippen LogP contribution in [0.3, 0.4) is 0 Å². The van der Waals surface area contributed by atoms with Crippen LogP contribution in [0.2, 0.25) is 0 Å². The molecule has 0 aliphatic rings. The van der Waals surface area contributed by atoms with E-state index in [1.54, 1.807) is 6.33 Å². The molecule has 104 valence electrons. The topological polar surface area (TPSA) is 43.1 Å². The van der Waals surface area contributed by atoms with Crippen molar-refractivity contribution in [1.29, 1.82) is 0 Å². The molecule has 4 heteroatoms. The normalized spacial score (nSPS) is 8.28. The Kier molecular flexibility index (Phi) is 11.2. The molecule has 0 unspecified atom stereocenters. The highest BCUT2D eigenvalue weighted by Crippen LogP contribution is 2.11. The Labute approximate surface area is 111 Å². The molecule has 0 aromatic carbocycles. The van der Waals surface area contributed by atoms with Gasteiger partial charge >= 0.3 is 0 Å². The quantitative estimate of drug-likeness (QED) is 0.708. The van der Waals surface area contributed by atoms with Crippen molar-refractivity contribution in [1.82, 2.24) is 19.6 Å². The average Bonchev–Trinajstić information content (AvgIpc) is 2.73. The first-order chi connectivity index (χ1) is 8.70. The average molecular weight is 252 g/mol. The predicted molar refractivity (Wildman–Crippen MR) is 79.0 cm³/mol. The Morgan fingerprint density at radius 3 is 1.78 bits per heavy atom. The maximum absolute atomic E-state index is 4.31. The number of nitrogens with zero attached hydrogens (tertiary/aromatic N) is 4. The lowest BCUT2D eigenvalue weighted by atomic mass is 10.3. The molecule has 0 bridgehead atoms. The summed E-state index contributed by atoms with van der Waals surface area (Å²) in [6.07, 6.45) is 1.55. The number of hydrogen-bond donors (Lipinski definition) is 0. The second-order valence-corrected chi connectivity index (χ2v) is 2.85. The molecule has 2 aromatic rings. The molecule has 0 amide bonds. The third-order valence-electron chi connectivity index (χ3n) is 1.95. The summed E-state index contributed by atoms with van der Waals surface area (Å²) in [5, 5.41) is 4.11. The number of rotatable bonds is 0. The molecule has 0 aliphatic carbocycles. The monoisotopic (exact) mass is 252 g/mol. The summed E-state index contributed by atoms with van der Waals surface area (Å²) >= 11 is 0. The van der Waals surface area contributed by atoms with Crippen molar-refractivity contribution in [3.05, 3.63) is 23.5 Å². The summed E-state index contributed by atoms with van der Waals surface area (Å²) in [5.41, 5.74) is 2.99. The van der Waals surface area contributed by atoms with Gasteiger partial charge in [-0.2, -0.15) is 5.10 Å². The summed E-state index contributed by atoms with van der Waals surface area (Å²) in [7, 11) is 0. The van der Waals surface area contributed by atoms with Gasteiger partial charge in [0.15, 0.2) is 0 Å². The van der Waals surface area contributed by atoms with Crippen molar-refractivity contribution in [3.8, 4) is 0 Å². The predicted octanol–water partition coefficient (Wildman–Crippen LogP) is 4.13. The van der Waals surface area contributed by atoms with Crippen LogP contribution in [0.25, 0.3) is 5.52 Å². The van der Waals surface area contributed by atoms with E-state index in [0.717, 1.165) is 22.7 Å². The Bertz CT molecular complexity index is 433. The van der Waals surface area contributed by atoms with Crippen LogP contribution >= 0.6 is 0 Å². The SMILES string of the molecule is CC.CC.CC.Cc1ncnn2c(C)nc(C)c12. The molecule has 0 N–H and O–H groups in total. The van der Waals surface area contributed by atoms with Gasteiger partial charge in [0.25, 0.3) is 0 Å². The van der Waals surface area contributed by atoms with Gasteiger partial charge in [0.05, 0.1) is 11.4 Å². The van der Waals surface area contributed by atoms with Crippen molar-refractivity contribution in [3.63, 3.8) is 0 Å². The zero-order valence-electron chi connectivity index (χ0n) is 13.4. The lowest BCUT2D eigenvalue weighted by molar-refractivity contribution is 0.841. The summed E-state index contributed by atoms with van der Waals surface area (Å²) in [4.78, 5) is 8.42. The van der Waals surface area contributed by atoms with Crippen LogP contribution in [0.15, 0.2) is 6.33 Å². The Morgan fingerprint density at radius 2 is 1.33 bits per heavy atom. The van der Waals surface area contributed by atoms with Crippen LogP contribution < -0.4 is 0 Å². The smallest absolute Gasteiger partial charge is 0.136 e. The second-order valence-electron chi connectivity index (χ2n) is 2.85. The first-order valence-electron chi connectivity index (χ1n) is 6.83. The summed E-state index contributed by atoms with van der Waals surface area (Å²) in [5.74, 6) is 0.910. The van der Waals surface area contributed by atoms with Gasteiger partial charge < -0.3 is 0 Å². The van der Waals surface area contributed by atoms with Crippen molar-refractivity contribution >= 4 is 5.52 Å². The fraction of sp³-hybridized carbons (Fsp3) is 0.643. The minimum Gasteiger partial charge on any atom is -0.238 e. The molecule has 0 aliphatic heterocycles. The molecule has 0 saturated carbocycles. The molecule has 2 rings (SSSR count). The summed E-state index contributed by atoms with van der Waals surface area (Å²) in [6.45, 7) is 17.9. The lowest BCUT2D eigenvalue weighted by Crippen LogP contribution is -1.97. The van der Waals surface area contributed by atoms with E-state index >= 15 is 0 Å². The molecular weight excluding hydrogens is 224 g/mol. The number of imidazole rings is 1. The van der Waals surface area contributed by atoms with Gasteiger partial charge in [-0.15, -0.1) is 0 Å². The highest BCUT2D eigenvalue weighted by molar-refractivity contribution is 5.55. The van der Waals surface area contributed by atoms with E-state index in [9.17, 15) is 0 Å². The van der Waals surface area contributed by atoms with Crippen molar-refractivity contribution in [2.24, 2.45) is 0 Å². The van der Waals surface area contributed by atoms with Gasteiger partial charge in [-0.25, -0.2) is 14.5 Å². The van der Waals surface area contributed by atoms with E-state index in [0.29, 0.717) is 0 Å². The van der Waals surface area contributed by atoms with Crippen LogP contribution in [-0.2, 0) is 0 Å². The van der Waals surface area contributed by atoms with Crippen molar-refractivity contribution < 1.29 is 0 Å². The zero-order valence-corrected chi connectivity index (χ0v) is 13.4. The molecule has 0 radical (unpaired) electrons. The molecule has 18 heavy (non-hydrogen) atoms. The highest BCUT2D eigenvalue weighted by Gasteiger charge is 2.07. The van der Waals surface area contributed by atoms with Crippen LogP contribution in [0.4, 0.5) is 0 Å². The van der Waals surface area contributed by atoms with E-state index < -0.39 is 0 Å². The van der Waals surface area contributed by atoms with Crippen molar-refractivity contribution in [2.75, 3.05) is 0 Å². The van der Waals surface area contributed by atoms with Gasteiger partial charge in [0.1, 0.15) is 17.7 Å². The third kappa shape index (κ3) is 4.43. The number of aromatic nitrogens is 4. The van der Waals surface area contributed by atoms with E-state index in [1.165, 1.54) is 0 Å². The van der Waals surface area contributed by atoms with Crippen molar-refractivity contribution in [2.45, 2.75) is 62.3 Å².